The minimum Gasteiger partial charge on any atom is -0.508 e. The van der Waals surface area contributed by atoms with E-state index in [0.717, 1.165) is 16.3 Å². The van der Waals surface area contributed by atoms with Gasteiger partial charge in [0.05, 0.1) is 12.8 Å². The molecule has 0 aliphatic heterocycles. The predicted octanol–water partition coefficient (Wildman–Crippen LogP) is 3.39. The van der Waals surface area contributed by atoms with Crippen LogP contribution in [0.25, 0.3) is 10.8 Å². The smallest absolute Gasteiger partial charge is 0.161 e. The van der Waals surface area contributed by atoms with Gasteiger partial charge in [-0.1, -0.05) is 12.1 Å². The number of benzene rings is 2. The molecule has 0 bridgehead atoms. The van der Waals surface area contributed by atoms with Crippen molar-refractivity contribution in [3.8, 4) is 17.2 Å². The zero-order chi connectivity index (χ0) is 16.4. The first kappa shape index (κ1) is 15.1. The lowest BCUT2D eigenvalue weighted by Gasteiger charge is -2.18. The Kier molecular flexibility index (Phi) is 4.04. The van der Waals surface area contributed by atoms with Gasteiger partial charge in [0.1, 0.15) is 11.9 Å². The van der Waals surface area contributed by atoms with Crippen molar-refractivity contribution in [3.05, 3.63) is 59.9 Å². The van der Waals surface area contributed by atoms with E-state index >= 15 is 0 Å². The molecule has 0 amide bonds. The molecule has 0 saturated heterocycles. The molecule has 0 aliphatic carbocycles. The predicted molar refractivity (Wildman–Crippen MR) is 86.9 cm³/mol. The quantitative estimate of drug-likeness (QED) is 0.773. The molecule has 3 rings (SSSR count). The highest BCUT2D eigenvalue weighted by atomic mass is 16.5. The third kappa shape index (κ3) is 2.78. The maximum Gasteiger partial charge on any atom is 0.161 e. The Hall–Kier alpha value is -2.79. The molecule has 1 aromatic heterocycles. The molecule has 0 unspecified atom stereocenters. The number of pyridine rings is 1. The van der Waals surface area contributed by atoms with Crippen molar-refractivity contribution in [2.24, 2.45) is 0 Å². The third-order valence-electron chi connectivity index (χ3n) is 3.77. The van der Waals surface area contributed by atoms with Crippen LogP contribution >= 0.6 is 0 Å². The number of hydrogen-bond acceptors (Lipinski definition) is 5. The van der Waals surface area contributed by atoms with Gasteiger partial charge in [0.2, 0.25) is 0 Å². The Morgan fingerprint density at radius 3 is 2.39 bits per heavy atom. The van der Waals surface area contributed by atoms with E-state index in [-0.39, 0.29) is 11.5 Å². The van der Waals surface area contributed by atoms with Gasteiger partial charge in [0.25, 0.3) is 0 Å². The largest absolute Gasteiger partial charge is 0.508 e. The van der Waals surface area contributed by atoms with Crippen molar-refractivity contribution in [1.82, 2.24) is 4.98 Å². The van der Waals surface area contributed by atoms with E-state index in [4.69, 9.17) is 9.47 Å². The van der Waals surface area contributed by atoms with Crippen molar-refractivity contribution in [1.29, 1.82) is 0 Å². The fourth-order valence-corrected chi connectivity index (χ4v) is 2.64. The van der Waals surface area contributed by atoms with Crippen LogP contribution in [-0.2, 0) is 4.74 Å². The minimum atomic E-state index is -0.410. The lowest BCUT2D eigenvalue weighted by molar-refractivity contribution is 0.134. The number of phenols is 2. The van der Waals surface area contributed by atoms with Crippen LogP contribution in [0.5, 0.6) is 17.2 Å². The first-order valence-electron chi connectivity index (χ1n) is 7.11. The van der Waals surface area contributed by atoms with E-state index in [1.54, 1.807) is 49.7 Å². The monoisotopic (exact) mass is 311 g/mol. The maximum atomic E-state index is 10.1. The molecule has 0 saturated carbocycles. The summed E-state index contributed by atoms with van der Waals surface area (Å²) in [6.07, 6.45) is 1.28. The summed E-state index contributed by atoms with van der Waals surface area (Å²) >= 11 is 0. The van der Waals surface area contributed by atoms with Crippen molar-refractivity contribution < 1.29 is 19.7 Å². The van der Waals surface area contributed by atoms with E-state index in [1.165, 1.54) is 7.11 Å². The maximum absolute atomic E-state index is 10.1. The highest BCUT2D eigenvalue weighted by Gasteiger charge is 2.19. The number of aromatic nitrogens is 1. The molecule has 1 atom stereocenters. The summed E-state index contributed by atoms with van der Waals surface area (Å²) in [6.45, 7) is 0. The molecule has 0 radical (unpaired) electrons. The van der Waals surface area contributed by atoms with Crippen LogP contribution in [0.3, 0.4) is 0 Å². The number of nitrogens with zero attached hydrogens (tertiary/aromatic N) is 1. The third-order valence-corrected chi connectivity index (χ3v) is 3.77. The molecule has 0 spiro atoms. The first-order chi connectivity index (χ1) is 11.1. The van der Waals surface area contributed by atoms with Gasteiger partial charge in [-0.3, -0.25) is 4.98 Å². The second-order valence-electron chi connectivity index (χ2n) is 5.15. The second-order valence-corrected chi connectivity index (χ2v) is 5.15. The SMILES string of the molecule is COc1cc2ccnc([C@@H](OC)c3ccc(O)cc3)c2cc1O. The first-order valence-corrected chi connectivity index (χ1v) is 7.11. The summed E-state index contributed by atoms with van der Waals surface area (Å²) in [4.78, 5) is 4.43. The molecule has 1 heterocycles. The Morgan fingerprint density at radius 1 is 1.00 bits per heavy atom. The summed E-state index contributed by atoms with van der Waals surface area (Å²) in [5, 5.41) is 21.2. The molecule has 2 N–H and O–H groups in total. The Labute approximate surface area is 133 Å². The molecular formula is C18H17NO4. The molecular weight excluding hydrogens is 294 g/mol. The highest BCUT2D eigenvalue weighted by molar-refractivity contribution is 5.88. The van der Waals surface area contributed by atoms with Crippen molar-refractivity contribution in [2.75, 3.05) is 14.2 Å². The Morgan fingerprint density at radius 2 is 1.74 bits per heavy atom. The van der Waals surface area contributed by atoms with E-state index in [9.17, 15) is 10.2 Å². The molecule has 5 heteroatoms. The number of ether oxygens (including phenoxy) is 2. The fraction of sp³-hybridized carbons (Fsp3) is 0.167. The van der Waals surface area contributed by atoms with E-state index in [1.807, 2.05) is 6.07 Å². The van der Waals surface area contributed by atoms with Crippen LogP contribution in [0.4, 0.5) is 0 Å². The van der Waals surface area contributed by atoms with Crippen LogP contribution < -0.4 is 4.74 Å². The van der Waals surface area contributed by atoms with Crippen molar-refractivity contribution >= 4 is 10.8 Å². The topological polar surface area (TPSA) is 71.8 Å². The average Bonchev–Trinajstić information content (AvgIpc) is 2.57. The van der Waals surface area contributed by atoms with E-state index < -0.39 is 6.10 Å². The Balaban J connectivity index is 2.17. The summed E-state index contributed by atoms with van der Waals surface area (Å²) in [5.74, 6) is 0.653. The zero-order valence-corrected chi connectivity index (χ0v) is 12.9. The van der Waals surface area contributed by atoms with Gasteiger partial charge in [-0.15, -0.1) is 0 Å². The van der Waals surface area contributed by atoms with Crippen molar-refractivity contribution in [3.63, 3.8) is 0 Å². The van der Waals surface area contributed by atoms with Gasteiger partial charge >= 0.3 is 0 Å². The number of methoxy groups -OCH3 is 2. The number of fused-ring (bicyclic) bond motifs is 1. The van der Waals surface area contributed by atoms with Crippen LogP contribution in [0.15, 0.2) is 48.7 Å². The fourth-order valence-electron chi connectivity index (χ4n) is 2.64. The van der Waals surface area contributed by atoms with Crippen LogP contribution in [0.1, 0.15) is 17.4 Å². The number of phenolic OH excluding ortho intramolecular Hbond substituents is 2. The Bertz CT molecular complexity index is 830. The van der Waals surface area contributed by atoms with Gasteiger partial charge in [0, 0.05) is 18.7 Å². The lowest BCUT2D eigenvalue weighted by Crippen LogP contribution is -2.06. The van der Waals surface area contributed by atoms with Crippen LogP contribution in [0.2, 0.25) is 0 Å². The van der Waals surface area contributed by atoms with Crippen LogP contribution in [-0.4, -0.2) is 29.4 Å². The normalized spacial score (nSPS) is 12.3. The minimum absolute atomic E-state index is 0.0507. The standard InChI is InChI=1S/C18H17NO4/c1-22-16-9-12-7-8-19-17(14(12)10-15(16)21)18(23-2)11-3-5-13(20)6-4-11/h3-10,18,20-21H,1-2H3/t18-/m0/s1. The molecule has 3 aromatic rings. The van der Waals surface area contributed by atoms with Gasteiger partial charge in [0.15, 0.2) is 11.5 Å². The van der Waals surface area contributed by atoms with Gasteiger partial charge in [-0.05, 0) is 41.3 Å². The lowest BCUT2D eigenvalue weighted by atomic mass is 10.00. The molecule has 5 nitrogen and oxygen atoms in total. The number of hydrogen-bond donors (Lipinski definition) is 2. The summed E-state index contributed by atoms with van der Waals surface area (Å²) in [6, 6.07) is 12.0. The number of aromatic hydroxyl groups is 2. The summed E-state index contributed by atoms with van der Waals surface area (Å²) in [7, 11) is 3.11. The van der Waals surface area contributed by atoms with Gasteiger partial charge < -0.3 is 19.7 Å². The summed E-state index contributed by atoms with van der Waals surface area (Å²) in [5.41, 5.74) is 1.55. The van der Waals surface area contributed by atoms with Gasteiger partial charge in [-0.2, -0.15) is 0 Å². The highest BCUT2D eigenvalue weighted by Crippen LogP contribution is 2.36. The molecule has 2 aromatic carbocycles. The molecule has 0 fully saturated rings. The molecule has 0 aliphatic rings. The molecule has 118 valence electrons. The van der Waals surface area contributed by atoms with Gasteiger partial charge in [-0.25, -0.2) is 0 Å². The second kappa shape index (κ2) is 6.14. The molecule has 23 heavy (non-hydrogen) atoms. The average molecular weight is 311 g/mol. The van der Waals surface area contributed by atoms with Crippen molar-refractivity contribution in [2.45, 2.75) is 6.10 Å². The van der Waals surface area contributed by atoms with Crippen LogP contribution in [0, 0.1) is 0 Å². The van der Waals surface area contributed by atoms with E-state index in [0.29, 0.717) is 11.4 Å². The zero-order valence-electron chi connectivity index (χ0n) is 12.9. The van der Waals surface area contributed by atoms with E-state index in [2.05, 4.69) is 4.98 Å². The summed E-state index contributed by atoms with van der Waals surface area (Å²) < 4.78 is 10.8. The number of rotatable bonds is 4.